The zero-order valence-electron chi connectivity index (χ0n) is 15.7. The second kappa shape index (κ2) is 9.33. The van der Waals surface area contributed by atoms with Gasteiger partial charge in [0.15, 0.2) is 6.61 Å². The Morgan fingerprint density at radius 3 is 2.55 bits per heavy atom. The normalized spacial score (nSPS) is 12.1. The molecule has 0 saturated heterocycles. The van der Waals surface area contributed by atoms with E-state index in [2.05, 4.69) is 10.6 Å². The molecule has 0 radical (unpaired) electrons. The van der Waals surface area contributed by atoms with Crippen LogP contribution in [0.4, 0.5) is 5.00 Å². The van der Waals surface area contributed by atoms with Crippen LogP contribution in [0.5, 0.6) is 0 Å². The van der Waals surface area contributed by atoms with Crippen molar-refractivity contribution in [2.75, 3.05) is 18.5 Å². The van der Waals surface area contributed by atoms with Gasteiger partial charge in [-0.15, -0.1) is 11.3 Å². The fraction of sp³-hybridized carbons (Fsp3) is 0.300. The number of rotatable bonds is 8. The van der Waals surface area contributed by atoms with Crippen molar-refractivity contribution in [3.63, 3.8) is 0 Å². The molecule has 8 nitrogen and oxygen atoms in total. The number of esters is 1. The number of carbonyl (C=O) groups is 4. The lowest BCUT2D eigenvalue weighted by atomic mass is 10.1. The Bertz CT molecular complexity index is 939. The largest absolute Gasteiger partial charge is 0.454 e. The van der Waals surface area contributed by atoms with Crippen molar-refractivity contribution in [2.45, 2.75) is 25.7 Å². The van der Waals surface area contributed by atoms with Gasteiger partial charge in [0.05, 0.1) is 12.0 Å². The van der Waals surface area contributed by atoms with Crippen LogP contribution in [0.25, 0.3) is 0 Å². The van der Waals surface area contributed by atoms with Crippen LogP contribution < -0.4 is 16.4 Å². The van der Waals surface area contributed by atoms with Gasteiger partial charge in [0, 0.05) is 4.88 Å². The van der Waals surface area contributed by atoms with Crippen LogP contribution >= 0.6 is 11.3 Å². The van der Waals surface area contributed by atoms with Crippen molar-refractivity contribution in [2.24, 2.45) is 5.73 Å². The summed E-state index contributed by atoms with van der Waals surface area (Å²) >= 11 is 1.32. The average molecular weight is 415 g/mol. The summed E-state index contributed by atoms with van der Waals surface area (Å²) < 4.78 is 4.88. The molecule has 1 aliphatic rings. The predicted octanol–water partition coefficient (Wildman–Crippen LogP) is 1.18. The summed E-state index contributed by atoms with van der Waals surface area (Å²) in [6, 6.07) is 9.11. The predicted molar refractivity (Wildman–Crippen MR) is 108 cm³/mol. The Morgan fingerprint density at radius 2 is 1.83 bits per heavy atom. The maximum atomic E-state index is 12.1. The number of thiophene rings is 1. The van der Waals surface area contributed by atoms with Crippen molar-refractivity contribution >= 4 is 40.0 Å². The first-order chi connectivity index (χ1) is 13.9. The van der Waals surface area contributed by atoms with Crippen molar-refractivity contribution in [1.82, 2.24) is 5.32 Å². The molecule has 1 aromatic heterocycles. The molecule has 0 atom stereocenters. The van der Waals surface area contributed by atoms with Gasteiger partial charge < -0.3 is 21.1 Å². The van der Waals surface area contributed by atoms with Gasteiger partial charge in [-0.2, -0.15) is 0 Å². The topological polar surface area (TPSA) is 128 Å². The minimum Gasteiger partial charge on any atom is -0.454 e. The van der Waals surface area contributed by atoms with Gasteiger partial charge in [-0.3, -0.25) is 19.2 Å². The molecule has 2 aromatic rings. The highest BCUT2D eigenvalue weighted by Crippen LogP contribution is 2.38. The van der Waals surface area contributed by atoms with Gasteiger partial charge >= 0.3 is 5.97 Å². The van der Waals surface area contributed by atoms with E-state index in [1.54, 1.807) is 0 Å². The van der Waals surface area contributed by atoms with E-state index in [9.17, 15) is 19.2 Å². The third-order valence-electron chi connectivity index (χ3n) is 4.42. The second-order valence-electron chi connectivity index (χ2n) is 6.57. The molecule has 0 unspecified atom stereocenters. The third kappa shape index (κ3) is 5.41. The van der Waals surface area contributed by atoms with E-state index in [1.165, 1.54) is 11.3 Å². The summed E-state index contributed by atoms with van der Waals surface area (Å²) in [6.07, 6.45) is 2.72. The van der Waals surface area contributed by atoms with E-state index < -0.39 is 24.4 Å². The first-order valence-electron chi connectivity index (χ1n) is 9.14. The van der Waals surface area contributed by atoms with Gasteiger partial charge in [0.25, 0.3) is 11.8 Å². The number of aryl methyl sites for hydroxylation is 1. The molecule has 0 aliphatic heterocycles. The number of nitrogens with one attached hydrogen (secondary N) is 2. The van der Waals surface area contributed by atoms with Gasteiger partial charge in [0.2, 0.25) is 5.91 Å². The summed E-state index contributed by atoms with van der Waals surface area (Å²) in [5.41, 5.74) is 7.51. The molecule has 152 valence electrons. The van der Waals surface area contributed by atoms with Gasteiger partial charge in [-0.25, -0.2) is 0 Å². The van der Waals surface area contributed by atoms with Crippen LogP contribution in [0.15, 0.2) is 30.3 Å². The van der Waals surface area contributed by atoms with E-state index >= 15 is 0 Å². The van der Waals surface area contributed by atoms with Crippen LogP contribution in [0, 0.1) is 0 Å². The van der Waals surface area contributed by atoms with Crippen LogP contribution in [0.1, 0.15) is 32.8 Å². The Morgan fingerprint density at radius 1 is 1.07 bits per heavy atom. The highest BCUT2D eigenvalue weighted by molar-refractivity contribution is 7.17. The molecule has 0 bridgehead atoms. The molecule has 1 heterocycles. The fourth-order valence-electron chi connectivity index (χ4n) is 3.13. The van der Waals surface area contributed by atoms with Crippen molar-refractivity contribution < 1.29 is 23.9 Å². The number of benzene rings is 1. The number of nitrogens with two attached hydrogens (primary N) is 1. The molecule has 29 heavy (non-hydrogen) atoms. The van der Waals surface area contributed by atoms with E-state index in [1.807, 2.05) is 30.3 Å². The SMILES string of the molecule is NC(=O)c1c(NC(=O)COC(=O)CNC(=O)Cc2ccccc2)sc2c1CCC2. The highest BCUT2D eigenvalue weighted by atomic mass is 32.1. The number of carbonyl (C=O) groups excluding carboxylic acids is 4. The standard InChI is InChI=1S/C20H21N3O5S/c21-19(27)18-13-7-4-8-14(13)29-20(18)23-16(25)11-28-17(26)10-22-15(24)9-12-5-2-1-3-6-12/h1-3,5-6H,4,7-11H2,(H2,21,27)(H,22,24)(H,23,25). The van der Waals surface area contributed by atoms with Crippen molar-refractivity contribution in [3.05, 3.63) is 51.9 Å². The maximum absolute atomic E-state index is 12.1. The lowest BCUT2D eigenvalue weighted by molar-refractivity contribution is -0.147. The highest BCUT2D eigenvalue weighted by Gasteiger charge is 2.26. The molecule has 0 spiro atoms. The van der Waals surface area contributed by atoms with Crippen molar-refractivity contribution in [1.29, 1.82) is 0 Å². The molecule has 0 saturated carbocycles. The molecule has 1 aliphatic carbocycles. The molecule has 9 heteroatoms. The van der Waals surface area contributed by atoms with Crippen molar-refractivity contribution in [3.8, 4) is 0 Å². The third-order valence-corrected chi connectivity index (χ3v) is 5.63. The van der Waals surface area contributed by atoms with Crippen LogP contribution in [-0.2, 0) is 38.4 Å². The smallest absolute Gasteiger partial charge is 0.325 e. The zero-order valence-corrected chi connectivity index (χ0v) is 16.5. The molecule has 3 rings (SSSR count). The lowest BCUT2D eigenvalue weighted by Gasteiger charge is -2.08. The molecular weight excluding hydrogens is 394 g/mol. The van der Waals surface area contributed by atoms with E-state index in [4.69, 9.17) is 10.5 Å². The number of amides is 3. The minimum atomic E-state index is -0.731. The number of anilines is 1. The van der Waals surface area contributed by atoms with Gasteiger partial charge in [-0.1, -0.05) is 30.3 Å². The van der Waals surface area contributed by atoms with Crippen LogP contribution in [-0.4, -0.2) is 36.8 Å². The number of ether oxygens (including phenoxy) is 1. The number of hydrogen-bond donors (Lipinski definition) is 3. The monoisotopic (exact) mass is 415 g/mol. The first-order valence-corrected chi connectivity index (χ1v) is 9.96. The molecule has 3 amide bonds. The van der Waals surface area contributed by atoms with Crippen LogP contribution in [0.3, 0.4) is 0 Å². The Kier molecular flexibility index (Phi) is 6.61. The van der Waals surface area contributed by atoms with Crippen LogP contribution in [0.2, 0.25) is 0 Å². The fourth-order valence-corrected chi connectivity index (χ4v) is 4.44. The number of fused-ring (bicyclic) bond motifs is 1. The Hall–Kier alpha value is -3.20. The van der Waals surface area contributed by atoms with E-state index in [-0.39, 0.29) is 18.9 Å². The van der Waals surface area contributed by atoms with E-state index in [0.29, 0.717) is 10.6 Å². The summed E-state index contributed by atoms with van der Waals surface area (Å²) in [4.78, 5) is 48.4. The van der Waals surface area contributed by atoms with E-state index in [0.717, 1.165) is 35.3 Å². The summed E-state index contributed by atoms with van der Waals surface area (Å²) in [6.45, 7) is -0.854. The first kappa shape index (κ1) is 20.5. The molecule has 0 fully saturated rings. The Balaban J connectivity index is 1.43. The second-order valence-corrected chi connectivity index (χ2v) is 7.68. The Labute approximate surface area is 171 Å². The number of primary amides is 1. The van der Waals surface area contributed by atoms with Gasteiger partial charge in [-0.05, 0) is 30.4 Å². The molecule has 1 aromatic carbocycles. The maximum Gasteiger partial charge on any atom is 0.325 e. The lowest BCUT2D eigenvalue weighted by Crippen LogP contribution is -2.33. The summed E-state index contributed by atoms with van der Waals surface area (Å²) in [7, 11) is 0. The van der Waals surface area contributed by atoms with Gasteiger partial charge in [0.1, 0.15) is 11.5 Å². The number of hydrogen-bond acceptors (Lipinski definition) is 6. The summed E-state index contributed by atoms with van der Waals surface area (Å²) in [5, 5.41) is 5.43. The molecular formula is C20H21N3O5S. The molecule has 4 N–H and O–H groups in total. The quantitative estimate of drug-likeness (QED) is 0.558. The average Bonchev–Trinajstić information content (AvgIpc) is 3.26. The summed E-state index contributed by atoms with van der Waals surface area (Å²) in [5.74, 6) is -2.21. The minimum absolute atomic E-state index is 0.146. The zero-order chi connectivity index (χ0) is 20.8.